The lowest BCUT2D eigenvalue weighted by Crippen LogP contribution is -2.11. The highest BCUT2D eigenvalue weighted by Crippen LogP contribution is 2.25. The second-order valence-electron chi connectivity index (χ2n) is 6.70. The Morgan fingerprint density at radius 2 is 1.52 bits per heavy atom. The second-order valence-corrected chi connectivity index (χ2v) is 6.70. The molecule has 5 nitrogen and oxygen atoms in total. The standard InChI is InChI=1S/C24H18N2O3/c27-24(19-11-5-2-6-12-19)23(26(28)29)15-20-17-25(16-18-9-3-1-4-10-18)22-14-8-7-13-21(20)22/h1-15,17H,16H2. The van der Waals surface area contributed by atoms with E-state index in [2.05, 4.69) is 0 Å². The summed E-state index contributed by atoms with van der Waals surface area (Å²) in [4.78, 5) is 23.8. The van der Waals surface area contributed by atoms with Crippen molar-refractivity contribution < 1.29 is 9.72 Å². The van der Waals surface area contributed by atoms with Crippen molar-refractivity contribution in [3.63, 3.8) is 0 Å². The van der Waals surface area contributed by atoms with E-state index < -0.39 is 16.4 Å². The molecule has 29 heavy (non-hydrogen) atoms. The fourth-order valence-corrected chi connectivity index (χ4v) is 3.39. The molecule has 0 saturated carbocycles. The van der Waals surface area contributed by atoms with Gasteiger partial charge in [0.25, 0.3) is 5.78 Å². The zero-order valence-electron chi connectivity index (χ0n) is 15.6. The number of allylic oxidation sites excluding steroid dienone is 1. The monoisotopic (exact) mass is 382 g/mol. The van der Waals surface area contributed by atoms with Crippen LogP contribution in [0.1, 0.15) is 21.5 Å². The number of benzene rings is 3. The van der Waals surface area contributed by atoms with E-state index >= 15 is 0 Å². The Morgan fingerprint density at radius 1 is 0.897 bits per heavy atom. The molecular formula is C24H18N2O3. The fraction of sp³-hybridized carbons (Fsp3) is 0.0417. The number of carbonyl (C=O) groups is 1. The molecule has 0 aliphatic rings. The summed E-state index contributed by atoms with van der Waals surface area (Å²) in [5.41, 5.74) is 2.57. The highest BCUT2D eigenvalue weighted by atomic mass is 16.6. The van der Waals surface area contributed by atoms with Crippen LogP contribution in [-0.2, 0) is 6.54 Å². The van der Waals surface area contributed by atoms with Gasteiger partial charge < -0.3 is 4.57 Å². The number of aromatic nitrogens is 1. The number of para-hydroxylation sites is 1. The molecule has 0 aliphatic carbocycles. The Hall–Kier alpha value is -3.99. The number of Topliss-reactive ketones (excluding diaryl/α,β-unsaturated/α-hetero) is 1. The number of nitro groups is 1. The first kappa shape index (κ1) is 18.4. The smallest absolute Gasteiger partial charge is 0.317 e. The minimum atomic E-state index is -0.612. The van der Waals surface area contributed by atoms with Crippen molar-refractivity contribution in [1.82, 2.24) is 4.57 Å². The van der Waals surface area contributed by atoms with Crippen LogP contribution in [0, 0.1) is 10.1 Å². The molecule has 4 aromatic rings. The van der Waals surface area contributed by atoms with Gasteiger partial charge in [0, 0.05) is 40.8 Å². The van der Waals surface area contributed by atoms with Crippen LogP contribution in [-0.4, -0.2) is 15.3 Å². The number of carbonyl (C=O) groups excluding carboxylic acids is 1. The van der Waals surface area contributed by atoms with Crippen LogP contribution >= 0.6 is 0 Å². The topological polar surface area (TPSA) is 65.1 Å². The lowest BCUT2D eigenvalue weighted by molar-refractivity contribution is -0.415. The highest BCUT2D eigenvalue weighted by molar-refractivity contribution is 6.10. The average Bonchev–Trinajstić information content (AvgIpc) is 3.10. The molecule has 0 radical (unpaired) electrons. The van der Waals surface area contributed by atoms with Crippen LogP contribution in [0.5, 0.6) is 0 Å². The van der Waals surface area contributed by atoms with Gasteiger partial charge in [0.05, 0.1) is 4.92 Å². The van der Waals surface area contributed by atoms with Gasteiger partial charge in [-0.15, -0.1) is 0 Å². The first-order valence-corrected chi connectivity index (χ1v) is 9.21. The summed E-state index contributed by atoms with van der Waals surface area (Å²) in [6.07, 6.45) is 3.23. The van der Waals surface area contributed by atoms with E-state index in [4.69, 9.17) is 0 Å². The maximum atomic E-state index is 12.7. The molecule has 0 fully saturated rings. The molecule has 1 aromatic heterocycles. The van der Waals surface area contributed by atoms with Crippen molar-refractivity contribution in [1.29, 1.82) is 0 Å². The van der Waals surface area contributed by atoms with Crippen LogP contribution in [0.4, 0.5) is 0 Å². The van der Waals surface area contributed by atoms with Crippen molar-refractivity contribution in [3.8, 4) is 0 Å². The van der Waals surface area contributed by atoms with E-state index in [9.17, 15) is 14.9 Å². The second kappa shape index (κ2) is 7.94. The van der Waals surface area contributed by atoms with Gasteiger partial charge in [0.15, 0.2) is 0 Å². The van der Waals surface area contributed by atoms with E-state index in [1.54, 1.807) is 30.3 Å². The summed E-state index contributed by atoms with van der Waals surface area (Å²) in [6.45, 7) is 0.635. The predicted molar refractivity (Wildman–Crippen MR) is 113 cm³/mol. The minimum absolute atomic E-state index is 0.295. The molecule has 0 spiro atoms. The molecule has 4 rings (SSSR count). The predicted octanol–water partition coefficient (Wildman–Crippen LogP) is 5.19. The third-order valence-corrected chi connectivity index (χ3v) is 4.77. The van der Waals surface area contributed by atoms with Crippen LogP contribution in [0.25, 0.3) is 17.0 Å². The first-order valence-electron chi connectivity index (χ1n) is 9.21. The van der Waals surface area contributed by atoms with Gasteiger partial charge in [-0.2, -0.15) is 0 Å². The summed E-state index contributed by atoms with van der Waals surface area (Å²) in [7, 11) is 0. The lowest BCUT2D eigenvalue weighted by Gasteiger charge is -2.05. The number of hydrogen-bond donors (Lipinski definition) is 0. The Bertz CT molecular complexity index is 1210. The van der Waals surface area contributed by atoms with Gasteiger partial charge in [-0.05, 0) is 11.6 Å². The third kappa shape index (κ3) is 3.84. The fourth-order valence-electron chi connectivity index (χ4n) is 3.39. The molecule has 0 unspecified atom stereocenters. The molecule has 5 heteroatoms. The largest absolute Gasteiger partial charge is 0.342 e. The number of fused-ring (bicyclic) bond motifs is 1. The van der Waals surface area contributed by atoms with Crippen LogP contribution in [0.3, 0.4) is 0 Å². The highest BCUT2D eigenvalue weighted by Gasteiger charge is 2.24. The molecule has 0 atom stereocenters. The maximum absolute atomic E-state index is 12.7. The molecule has 0 bridgehead atoms. The molecule has 1 heterocycles. The Labute approximate surface area is 167 Å². The maximum Gasteiger partial charge on any atom is 0.317 e. The Kier molecular flexibility index (Phi) is 5.03. The van der Waals surface area contributed by atoms with Crippen molar-refractivity contribution in [2.45, 2.75) is 6.54 Å². The summed E-state index contributed by atoms with van der Waals surface area (Å²) >= 11 is 0. The molecule has 0 aliphatic heterocycles. The zero-order valence-corrected chi connectivity index (χ0v) is 15.6. The van der Waals surface area contributed by atoms with Gasteiger partial charge in [-0.25, -0.2) is 0 Å². The summed E-state index contributed by atoms with van der Waals surface area (Å²) in [5.74, 6) is -0.601. The van der Waals surface area contributed by atoms with Crippen LogP contribution in [0.15, 0.2) is 96.8 Å². The van der Waals surface area contributed by atoms with E-state index in [1.165, 1.54) is 6.08 Å². The molecule has 142 valence electrons. The number of hydrogen-bond acceptors (Lipinski definition) is 3. The minimum Gasteiger partial charge on any atom is -0.342 e. The lowest BCUT2D eigenvalue weighted by atomic mass is 10.1. The number of ketones is 1. The summed E-state index contributed by atoms with van der Waals surface area (Å²) < 4.78 is 2.04. The third-order valence-electron chi connectivity index (χ3n) is 4.77. The van der Waals surface area contributed by atoms with E-state index in [0.29, 0.717) is 17.7 Å². The van der Waals surface area contributed by atoms with Crippen LogP contribution < -0.4 is 0 Å². The van der Waals surface area contributed by atoms with Crippen LogP contribution in [0.2, 0.25) is 0 Å². The van der Waals surface area contributed by atoms with E-state index in [1.807, 2.05) is 65.4 Å². The van der Waals surface area contributed by atoms with Crippen molar-refractivity contribution in [3.05, 3.63) is 124 Å². The first-order chi connectivity index (χ1) is 14.1. The number of nitrogens with zero attached hydrogens (tertiary/aromatic N) is 2. The Balaban J connectivity index is 1.80. The van der Waals surface area contributed by atoms with Gasteiger partial charge in [0.2, 0.25) is 0 Å². The van der Waals surface area contributed by atoms with Gasteiger partial charge in [0.1, 0.15) is 0 Å². The molecule has 0 N–H and O–H groups in total. The average molecular weight is 382 g/mol. The quantitative estimate of drug-likeness (QED) is 0.199. The van der Waals surface area contributed by atoms with Gasteiger partial charge in [-0.1, -0.05) is 78.9 Å². The van der Waals surface area contributed by atoms with E-state index in [-0.39, 0.29) is 0 Å². The van der Waals surface area contributed by atoms with Gasteiger partial charge >= 0.3 is 5.70 Å². The van der Waals surface area contributed by atoms with Crippen molar-refractivity contribution >= 4 is 22.8 Å². The normalized spacial score (nSPS) is 11.5. The van der Waals surface area contributed by atoms with E-state index in [0.717, 1.165) is 16.5 Å². The molecule has 0 saturated heterocycles. The Morgan fingerprint density at radius 3 is 2.21 bits per heavy atom. The van der Waals surface area contributed by atoms with Crippen molar-refractivity contribution in [2.24, 2.45) is 0 Å². The van der Waals surface area contributed by atoms with Gasteiger partial charge in [-0.3, -0.25) is 14.9 Å². The zero-order chi connectivity index (χ0) is 20.2. The molecule has 0 amide bonds. The van der Waals surface area contributed by atoms with Crippen molar-refractivity contribution in [2.75, 3.05) is 0 Å². The molecule has 3 aromatic carbocycles. The number of rotatable bonds is 6. The molecular weight excluding hydrogens is 364 g/mol. The SMILES string of the molecule is O=C(C(=Cc1cn(Cc2ccccc2)c2ccccc12)[N+](=O)[O-])c1ccccc1. The summed E-state index contributed by atoms with van der Waals surface area (Å²) in [6, 6.07) is 26.0. The summed E-state index contributed by atoms with van der Waals surface area (Å²) in [5, 5.41) is 12.5.